The van der Waals surface area contributed by atoms with Crippen LogP contribution in [0.5, 0.6) is 0 Å². The Balaban J connectivity index is 1.43. The maximum atomic E-state index is 13.2. The zero-order valence-electron chi connectivity index (χ0n) is 19.6. The van der Waals surface area contributed by atoms with Gasteiger partial charge in [-0.3, -0.25) is 10.1 Å². The minimum atomic E-state index is -0.508. The van der Waals surface area contributed by atoms with E-state index in [2.05, 4.69) is 39.9 Å². The van der Waals surface area contributed by atoms with Crippen molar-refractivity contribution in [3.05, 3.63) is 101 Å². The van der Waals surface area contributed by atoms with E-state index in [9.17, 15) is 9.59 Å². The Morgan fingerprint density at radius 3 is 2.58 bits per heavy atom. The van der Waals surface area contributed by atoms with Crippen LogP contribution in [0.25, 0.3) is 32.9 Å². The molecule has 0 saturated heterocycles. The van der Waals surface area contributed by atoms with Crippen molar-refractivity contribution in [1.82, 2.24) is 10.3 Å². The van der Waals surface area contributed by atoms with Crippen molar-refractivity contribution in [3.63, 3.8) is 0 Å². The molecular formula is C30H23N3O3. The standard InChI is InChI=1S/C30H23N3O3/c1-16(36-30(35)32-17-9-3-2-4-10-17)23-18-11-5-6-12-19(18)25-26-21(15-31-29(26)34)24-20-13-7-8-14-22(20)33-28(24)27(23)25/h2-14,16,23,33H,15H2,1H3,(H,31,34)(H,32,35)/t16-,23-/m0/s1. The number of amides is 2. The molecule has 7 rings (SSSR count). The molecule has 2 atom stereocenters. The number of aromatic nitrogens is 1. The third kappa shape index (κ3) is 2.91. The normalized spacial score (nSPS) is 16.4. The highest BCUT2D eigenvalue weighted by Crippen LogP contribution is 2.54. The van der Waals surface area contributed by atoms with Gasteiger partial charge in [0.05, 0.1) is 11.1 Å². The van der Waals surface area contributed by atoms with Crippen LogP contribution in [0.1, 0.15) is 39.9 Å². The molecule has 3 N–H and O–H groups in total. The highest BCUT2D eigenvalue weighted by molar-refractivity contribution is 6.20. The molecular weight excluding hydrogens is 450 g/mol. The Kier molecular flexibility index (Phi) is 4.45. The summed E-state index contributed by atoms with van der Waals surface area (Å²) in [5, 5.41) is 8.02. The number of aromatic amines is 1. The average molecular weight is 474 g/mol. The number of carbonyl (C=O) groups excluding carboxylic acids is 2. The summed E-state index contributed by atoms with van der Waals surface area (Å²) in [7, 11) is 0. The molecule has 0 bridgehead atoms. The van der Waals surface area contributed by atoms with E-state index in [0.29, 0.717) is 12.2 Å². The summed E-state index contributed by atoms with van der Waals surface area (Å²) < 4.78 is 5.96. The van der Waals surface area contributed by atoms with Gasteiger partial charge in [0.15, 0.2) is 0 Å². The lowest BCUT2D eigenvalue weighted by Crippen LogP contribution is -2.25. The van der Waals surface area contributed by atoms with Crippen molar-refractivity contribution < 1.29 is 14.3 Å². The minimum Gasteiger partial charge on any atom is -0.445 e. The molecule has 2 heterocycles. The van der Waals surface area contributed by atoms with E-state index in [-0.39, 0.29) is 11.8 Å². The number of fused-ring (bicyclic) bond motifs is 10. The third-order valence-corrected chi connectivity index (χ3v) is 7.41. The summed E-state index contributed by atoms with van der Waals surface area (Å²) in [5.74, 6) is -0.286. The number of hydrogen-bond acceptors (Lipinski definition) is 3. The van der Waals surface area contributed by atoms with Gasteiger partial charge in [-0.15, -0.1) is 0 Å². The van der Waals surface area contributed by atoms with E-state index in [4.69, 9.17) is 4.74 Å². The molecule has 4 aromatic carbocycles. The molecule has 2 aliphatic rings. The fourth-order valence-corrected chi connectivity index (χ4v) is 6.01. The lowest BCUT2D eigenvalue weighted by atomic mass is 9.87. The quantitative estimate of drug-likeness (QED) is 0.287. The summed E-state index contributed by atoms with van der Waals surface area (Å²) in [6, 6.07) is 25.6. The first kappa shape index (κ1) is 20.8. The number of anilines is 1. The number of carbonyl (C=O) groups is 2. The van der Waals surface area contributed by atoms with Gasteiger partial charge >= 0.3 is 6.09 Å². The Hall–Kier alpha value is -4.58. The van der Waals surface area contributed by atoms with Crippen molar-refractivity contribution in [3.8, 4) is 11.1 Å². The predicted octanol–water partition coefficient (Wildman–Crippen LogP) is 6.31. The van der Waals surface area contributed by atoms with Crippen LogP contribution in [-0.2, 0) is 11.3 Å². The smallest absolute Gasteiger partial charge is 0.411 e. The van der Waals surface area contributed by atoms with Crippen LogP contribution < -0.4 is 10.6 Å². The summed E-state index contributed by atoms with van der Waals surface area (Å²) in [5.41, 5.74) is 8.49. The van der Waals surface area contributed by atoms with Gasteiger partial charge in [-0.25, -0.2) is 4.79 Å². The number of para-hydroxylation sites is 2. The van der Waals surface area contributed by atoms with Crippen LogP contribution in [-0.4, -0.2) is 23.1 Å². The van der Waals surface area contributed by atoms with Crippen molar-refractivity contribution in [2.24, 2.45) is 0 Å². The van der Waals surface area contributed by atoms with E-state index < -0.39 is 12.2 Å². The SMILES string of the molecule is C[C@H](OC(=O)Nc1ccccc1)[C@H]1c2ccccc2-c2c3c(c4c([nH]c5ccccc54)c21)CNC3=O. The number of nitrogens with one attached hydrogen (secondary N) is 3. The van der Waals surface area contributed by atoms with Crippen LogP contribution >= 0.6 is 0 Å². The van der Waals surface area contributed by atoms with Gasteiger partial charge in [0, 0.05) is 40.0 Å². The fraction of sp³-hybridized carbons (Fsp3) is 0.133. The topological polar surface area (TPSA) is 83.2 Å². The second-order valence-electron chi connectivity index (χ2n) is 9.41. The van der Waals surface area contributed by atoms with E-state index in [1.165, 1.54) is 0 Å². The van der Waals surface area contributed by atoms with Gasteiger partial charge in [0.2, 0.25) is 0 Å². The number of benzene rings is 4. The largest absolute Gasteiger partial charge is 0.445 e. The summed E-state index contributed by atoms with van der Waals surface area (Å²) in [4.78, 5) is 29.7. The second kappa shape index (κ2) is 7.71. The van der Waals surface area contributed by atoms with Gasteiger partial charge in [-0.2, -0.15) is 0 Å². The van der Waals surface area contributed by atoms with Gasteiger partial charge in [-0.05, 0) is 47.4 Å². The molecule has 0 spiro atoms. The van der Waals surface area contributed by atoms with E-state index in [0.717, 1.165) is 55.2 Å². The molecule has 6 heteroatoms. The third-order valence-electron chi connectivity index (χ3n) is 7.41. The minimum absolute atomic E-state index is 0.0562. The van der Waals surface area contributed by atoms with Crippen molar-refractivity contribution in [1.29, 1.82) is 0 Å². The van der Waals surface area contributed by atoms with Crippen molar-refractivity contribution >= 4 is 39.5 Å². The molecule has 0 radical (unpaired) electrons. The van der Waals surface area contributed by atoms with Gasteiger partial charge in [0.1, 0.15) is 6.10 Å². The maximum Gasteiger partial charge on any atom is 0.411 e. The summed E-state index contributed by atoms with van der Waals surface area (Å²) in [6.07, 6.45) is -0.986. The molecule has 1 aromatic heterocycles. The molecule has 2 amide bonds. The lowest BCUT2D eigenvalue weighted by Gasteiger charge is -2.23. The van der Waals surface area contributed by atoms with Gasteiger partial charge in [0.25, 0.3) is 5.91 Å². The van der Waals surface area contributed by atoms with Crippen LogP contribution in [0.15, 0.2) is 78.9 Å². The van der Waals surface area contributed by atoms with Crippen molar-refractivity contribution in [2.75, 3.05) is 5.32 Å². The molecule has 1 aliphatic heterocycles. The molecule has 0 unspecified atom stereocenters. The lowest BCUT2D eigenvalue weighted by molar-refractivity contribution is 0.0965. The zero-order valence-corrected chi connectivity index (χ0v) is 19.6. The Labute approximate surface area is 207 Å². The number of rotatable bonds is 3. The second-order valence-corrected chi connectivity index (χ2v) is 9.41. The summed E-state index contributed by atoms with van der Waals surface area (Å²) >= 11 is 0. The van der Waals surface area contributed by atoms with Crippen LogP contribution in [0.2, 0.25) is 0 Å². The molecule has 0 fully saturated rings. The maximum absolute atomic E-state index is 13.2. The van der Waals surface area contributed by atoms with Gasteiger partial charge in [-0.1, -0.05) is 60.7 Å². The number of H-pyrrole nitrogens is 1. The Morgan fingerprint density at radius 2 is 1.72 bits per heavy atom. The number of hydrogen-bond donors (Lipinski definition) is 3. The Morgan fingerprint density at radius 1 is 0.972 bits per heavy atom. The van der Waals surface area contributed by atoms with Crippen molar-refractivity contribution in [2.45, 2.75) is 25.5 Å². The average Bonchev–Trinajstić information content (AvgIpc) is 3.55. The molecule has 5 aromatic rings. The number of ether oxygens (including phenoxy) is 1. The molecule has 36 heavy (non-hydrogen) atoms. The highest BCUT2D eigenvalue weighted by atomic mass is 16.6. The first-order chi connectivity index (χ1) is 17.6. The molecule has 0 saturated carbocycles. The zero-order chi connectivity index (χ0) is 24.4. The fourth-order valence-electron chi connectivity index (χ4n) is 6.01. The predicted molar refractivity (Wildman–Crippen MR) is 140 cm³/mol. The highest BCUT2D eigenvalue weighted by Gasteiger charge is 2.41. The summed E-state index contributed by atoms with van der Waals surface area (Å²) in [6.45, 7) is 2.42. The molecule has 6 nitrogen and oxygen atoms in total. The van der Waals surface area contributed by atoms with Crippen LogP contribution in [0, 0.1) is 0 Å². The Bertz CT molecular complexity index is 1700. The molecule has 1 aliphatic carbocycles. The van der Waals surface area contributed by atoms with Crippen LogP contribution in [0.4, 0.5) is 10.5 Å². The van der Waals surface area contributed by atoms with E-state index in [1.54, 1.807) is 0 Å². The monoisotopic (exact) mass is 473 g/mol. The van der Waals surface area contributed by atoms with Gasteiger partial charge < -0.3 is 15.0 Å². The molecule has 176 valence electrons. The van der Waals surface area contributed by atoms with Crippen LogP contribution in [0.3, 0.4) is 0 Å². The first-order valence-electron chi connectivity index (χ1n) is 12.1. The van der Waals surface area contributed by atoms with E-state index in [1.807, 2.05) is 61.5 Å². The van der Waals surface area contributed by atoms with E-state index >= 15 is 0 Å². The first-order valence-corrected chi connectivity index (χ1v) is 12.1.